The molecule has 0 spiro atoms. The van der Waals surface area contributed by atoms with Crippen molar-refractivity contribution in [2.24, 2.45) is 5.92 Å². The number of piperidine rings is 2. The second kappa shape index (κ2) is 7.89. The lowest BCUT2D eigenvalue weighted by molar-refractivity contribution is -0.137. The fourth-order valence-electron chi connectivity index (χ4n) is 3.82. The average Bonchev–Trinajstić information content (AvgIpc) is 2.67. The number of carbonyl (C=O) groups excluding carboxylic acids is 2. The van der Waals surface area contributed by atoms with Crippen LogP contribution in [0.2, 0.25) is 0 Å². The summed E-state index contributed by atoms with van der Waals surface area (Å²) in [6.07, 6.45) is 5.26. The average molecular weight is 343 g/mol. The lowest BCUT2D eigenvalue weighted by Crippen LogP contribution is -2.47. The van der Waals surface area contributed by atoms with Gasteiger partial charge in [-0.15, -0.1) is 0 Å². The van der Waals surface area contributed by atoms with Gasteiger partial charge in [0.05, 0.1) is 5.92 Å². The molecule has 2 fully saturated rings. The van der Waals surface area contributed by atoms with Crippen molar-refractivity contribution in [1.82, 2.24) is 9.80 Å². The summed E-state index contributed by atoms with van der Waals surface area (Å²) < 4.78 is 0. The molecule has 0 saturated carbocycles. The molecule has 0 bridgehead atoms. The predicted molar refractivity (Wildman–Crippen MR) is 99.8 cm³/mol. The molecule has 0 unspecified atom stereocenters. The second-order valence-electron chi connectivity index (χ2n) is 7.42. The third-order valence-electron chi connectivity index (χ3n) is 5.36. The number of likely N-dealkylation sites (tertiary alicyclic amines) is 2. The minimum atomic E-state index is -0.0307. The third kappa shape index (κ3) is 4.14. The Morgan fingerprint density at radius 3 is 2.20 bits per heavy atom. The number of anilines is 1. The van der Waals surface area contributed by atoms with Gasteiger partial charge >= 0.3 is 0 Å². The lowest BCUT2D eigenvalue weighted by Gasteiger charge is -2.36. The van der Waals surface area contributed by atoms with Crippen molar-refractivity contribution < 1.29 is 9.59 Å². The van der Waals surface area contributed by atoms with E-state index in [1.165, 1.54) is 6.42 Å². The van der Waals surface area contributed by atoms with E-state index in [-0.39, 0.29) is 17.7 Å². The maximum Gasteiger partial charge on any atom is 0.253 e. The molecule has 136 valence electrons. The van der Waals surface area contributed by atoms with Crippen molar-refractivity contribution in [1.29, 1.82) is 0 Å². The fourth-order valence-corrected chi connectivity index (χ4v) is 3.82. The maximum absolute atomic E-state index is 12.8. The van der Waals surface area contributed by atoms with E-state index in [1.54, 1.807) is 0 Å². The molecule has 3 rings (SSSR count). The van der Waals surface area contributed by atoms with Crippen LogP contribution in [0.5, 0.6) is 0 Å². The highest BCUT2D eigenvalue weighted by molar-refractivity contribution is 5.95. The third-order valence-corrected chi connectivity index (χ3v) is 5.36. The molecule has 5 heteroatoms. The molecule has 1 atom stereocenters. The summed E-state index contributed by atoms with van der Waals surface area (Å²) in [5.41, 5.74) is 1.78. The molecule has 1 aromatic rings. The van der Waals surface area contributed by atoms with E-state index in [1.807, 2.05) is 53.1 Å². The van der Waals surface area contributed by atoms with Crippen molar-refractivity contribution >= 4 is 17.5 Å². The Bertz CT molecular complexity index is 606. The Balaban J connectivity index is 1.63. The largest absolute Gasteiger partial charge is 0.378 e. The summed E-state index contributed by atoms with van der Waals surface area (Å²) in [7, 11) is 3.97. The molecular weight excluding hydrogens is 314 g/mol. The van der Waals surface area contributed by atoms with E-state index in [4.69, 9.17) is 0 Å². The van der Waals surface area contributed by atoms with E-state index in [0.717, 1.165) is 51.0 Å². The highest BCUT2D eigenvalue weighted by Crippen LogP contribution is 2.23. The fraction of sp³-hybridized carbons (Fsp3) is 0.600. The van der Waals surface area contributed by atoms with E-state index in [0.29, 0.717) is 12.1 Å². The second-order valence-corrected chi connectivity index (χ2v) is 7.42. The molecule has 0 N–H and O–H groups in total. The first-order chi connectivity index (χ1) is 12.1. The van der Waals surface area contributed by atoms with Gasteiger partial charge < -0.3 is 14.7 Å². The normalized spacial score (nSPS) is 21.1. The zero-order valence-electron chi connectivity index (χ0n) is 15.4. The number of nitrogens with zero attached hydrogens (tertiary/aromatic N) is 3. The van der Waals surface area contributed by atoms with Crippen LogP contribution >= 0.6 is 0 Å². The summed E-state index contributed by atoms with van der Waals surface area (Å²) in [6.45, 7) is 3.08. The van der Waals surface area contributed by atoms with Crippen molar-refractivity contribution in [2.45, 2.75) is 32.1 Å². The quantitative estimate of drug-likeness (QED) is 0.847. The molecule has 0 aromatic heterocycles. The summed E-state index contributed by atoms with van der Waals surface area (Å²) in [4.78, 5) is 31.5. The number of hydrogen-bond donors (Lipinski definition) is 0. The number of rotatable bonds is 3. The number of benzene rings is 1. The van der Waals surface area contributed by atoms with E-state index in [2.05, 4.69) is 0 Å². The summed E-state index contributed by atoms with van der Waals surface area (Å²) in [5.74, 6) is 0.262. The van der Waals surface area contributed by atoms with Crippen LogP contribution in [0.25, 0.3) is 0 Å². The molecule has 25 heavy (non-hydrogen) atoms. The van der Waals surface area contributed by atoms with E-state index in [9.17, 15) is 9.59 Å². The van der Waals surface area contributed by atoms with Crippen molar-refractivity contribution in [3.8, 4) is 0 Å². The summed E-state index contributed by atoms with van der Waals surface area (Å²) in [6, 6.07) is 7.70. The molecule has 2 aliphatic heterocycles. The first-order valence-corrected chi connectivity index (χ1v) is 9.41. The molecule has 1 aromatic carbocycles. The van der Waals surface area contributed by atoms with Gasteiger partial charge in [-0.1, -0.05) is 0 Å². The van der Waals surface area contributed by atoms with Crippen molar-refractivity contribution in [2.75, 3.05) is 45.2 Å². The van der Waals surface area contributed by atoms with Crippen LogP contribution in [-0.2, 0) is 4.79 Å². The lowest BCUT2D eigenvalue weighted by atomic mass is 9.95. The Morgan fingerprint density at radius 1 is 0.920 bits per heavy atom. The molecular formula is C20H29N3O2. The van der Waals surface area contributed by atoms with Crippen LogP contribution < -0.4 is 4.90 Å². The first kappa shape index (κ1) is 17.8. The van der Waals surface area contributed by atoms with Gasteiger partial charge in [-0.2, -0.15) is 0 Å². The topological polar surface area (TPSA) is 43.9 Å². The van der Waals surface area contributed by atoms with Crippen LogP contribution in [0.15, 0.2) is 24.3 Å². The molecule has 2 heterocycles. The first-order valence-electron chi connectivity index (χ1n) is 9.41. The van der Waals surface area contributed by atoms with E-state index >= 15 is 0 Å². The molecule has 2 amide bonds. The number of hydrogen-bond acceptors (Lipinski definition) is 3. The minimum absolute atomic E-state index is 0.0307. The van der Waals surface area contributed by atoms with Crippen LogP contribution in [0.3, 0.4) is 0 Å². The van der Waals surface area contributed by atoms with Gasteiger partial charge in [0.15, 0.2) is 0 Å². The standard InChI is InChI=1S/C20H29N3O2/c1-21(2)18-10-8-16(9-11-18)19(24)23-14-6-7-17(15-23)20(25)22-12-4-3-5-13-22/h8-11,17H,3-7,12-15H2,1-2H3/t17-/m1/s1. The summed E-state index contributed by atoms with van der Waals surface area (Å²) in [5, 5.41) is 0. The van der Waals surface area contributed by atoms with Gasteiger partial charge in [-0.05, 0) is 56.4 Å². The SMILES string of the molecule is CN(C)c1ccc(C(=O)N2CCC[C@@H](C(=O)N3CCCCC3)C2)cc1. The van der Waals surface area contributed by atoms with Gasteiger partial charge in [0.1, 0.15) is 0 Å². The Hall–Kier alpha value is -2.04. The molecule has 5 nitrogen and oxygen atoms in total. The monoisotopic (exact) mass is 343 g/mol. The Labute approximate surface area is 150 Å². The zero-order valence-corrected chi connectivity index (χ0v) is 15.4. The molecule has 2 saturated heterocycles. The van der Waals surface area contributed by atoms with Crippen LogP contribution in [0.1, 0.15) is 42.5 Å². The Morgan fingerprint density at radius 2 is 1.56 bits per heavy atom. The van der Waals surface area contributed by atoms with Gasteiger partial charge in [0.25, 0.3) is 5.91 Å². The van der Waals surface area contributed by atoms with Gasteiger partial charge in [0.2, 0.25) is 5.91 Å². The zero-order chi connectivity index (χ0) is 17.8. The molecule has 2 aliphatic rings. The van der Waals surface area contributed by atoms with Crippen LogP contribution in [-0.4, -0.2) is 61.9 Å². The van der Waals surface area contributed by atoms with Gasteiger partial charge in [-0.3, -0.25) is 9.59 Å². The van der Waals surface area contributed by atoms with E-state index < -0.39 is 0 Å². The smallest absolute Gasteiger partial charge is 0.253 e. The minimum Gasteiger partial charge on any atom is -0.378 e. The van der Waals surface area contributed by atoms with Crippen LogP contribution in [0, 0.1) is 5.92 Å². The maximum atomic E-state index is 12.8. The van der Waals surface area contributed by atoms with Crippen molar-refractivity contribution in [3.63, 3.8) is 0 Å². The van der Waals surface area contributed by atoms with Gasteiger partial charge in [-0.25, -0.2) is 0 Å². The number of amides is 2. The number of carbonyl (C=O) groups is 2. The molecule has 0 aliphatic carbocycles. The highest BCUT2D eigenvalue weighted by Gasteiger charge is 2.32. The van der Waals surface area contributed by atoms with Crippen molar-refractivity contribution in [3.05, 3.63) is 29.8 Å². The Kier molecular flexibility index (Phi) is 5.61. The molecule has 0 radical (unpaired) electrons. The summed E-state index contributed by atoms with van der Waals surface area (Å²) >= 11 is 0. The highest BCUT2D eigenvalue weighted by atomic mass is 16.2. The van der Waals surface area contributed by atoms with Gasteiger partial charge in [0, 0.05) is 51.5 Å². The van der Waals surface area contributed by atoms with Crippen LogP contribution in [0.4, 0.5) is 5.69 Å². The predicted octanol–water partition coefficient (Wildman–Crippen LogP) is 2.62.